The SMILES string of the molecule is CC(C)CC(CC(C)C)C(C[N+](C)(C)C)OP(=O)([O-])O. The van der Waals surface area contributed by atoms with E-state index in [4.69, 9.17) is 9.42 Å². The number of hydrogen-bond acceptors (Lipinski definition) is 3. The highest BCUT2D eigenvalue weighted by Gasteiger charge is 2.31. The maximum atomic E-state index is 11.2. The van der Waals surface area contributed by atoms with Gasteiger partial charge in [0.1, 0.15) is 12.6 Å². The fourth-order valence-electron chi connectivity index (χ4n) is 2.59. The highest BCUT2D eigenvalue weighted by molar-refractivity contribution is 7.44. The lowest BCUT2D eigenvalue weighted by Gasteiger charge is -2.36. The fourth-order valence-corrected chi connectivity index (χ4v) is 3.17. The first-order chi connectivity index (χ1) is 8.80. The second-order valence-corrected chi connectivity index (χ2v) is 8.75. The van der Waals surface area contributed by atoms with E-state index in [1.54, 1.807) is 0 Å². The number of phosphoric ester groups is 1. The van der Waals surface area contributed by atoms with Gasteiger partial charge in [0.25, 0.3) is 7.82 Å². The van der Waals surface area contributed by atoms with Gasteiger partial charge in [0.15, 0.2) is 0 Å². The maximum Gasteiger partial charge on any atom is 0.265 e. The summed E-state index contributed by atoms with van der Waals surface area (Å²) in [7, 11) is 1.27. The minimum absolute atomic E-state index is 0.127. The summed E-state index contributed by atoms with van der Waals surface area (Å²) in [6.45, 7) is 9.02. The molecule has 0 rings (SSSR count). The lowest BCUT2D eigenvalue weighted by atomic mass is 9.85. The highest BCUT2D eigenvalue weighted by atomic mass is 31.2. The molecule has 0 amide bonds. The lowest BCUT2D eigenvalue weighted by molar-refractivity contribution is -0.873. The van der Waals surface area contributed by atoms with Gasteiger partial charge in [-0.25, -0.2) is 0 Å². The summed E-state index contributed by atoms with van der Waals surface area (Å²) >= 11 is 0. The van der Waals surface area contributed by atoms with Crippen molar-refractivity contribution in [1.29, 1.82) is 0 Å². The zero-order chi connectivity index (χ0) is 16.1. The molecule has 0 aliphatic carbocycles. The average molecular weight is 309 g/mol. The molecule has 0 spiro atoms. The van der Waals surface area contributed by atoms with E-state index >= 15 is 0 Å². The highest BCUT2D eigenvalue weighted by Crippen LogP contribution is 2.38. The van der Waals surface area contributed by atoms with Crippen molar-refractivity contribution in [3.05, 3.63) is 0 Å². The van der Waals surface area contributed by atoms with Gasteiger partial charge in [-0.3, -0.25) is 4.57 Å². The zero-order valence-corrected chi connectivity index (χ0v) is 14.9. The molecule has 0 bridgehead atoms. The monoisotopic (exact) mass is 309 g/mol. The summed E-state index contributed by atoms with van der Waals surface area (Å²) < 4.78 is 16.8. The molecule has 0 aromatic carbocycles. The average Bonchev–Trinajstić information content (AvgIpc) is 2.09. The van der Waals surface area contributed by atoms with Gasteiger partial charge in [-0.1, -0.05) is 27.7 Å². The predicted molar refractivity (Wildman–Crippen MR) is 80.0 cm³/mol. The van der Waals surface area contributed by atoms with E-state index in [2.05, 4.69) is 27.7 Å². The van der Waals surface area contributed by atoms with Crippen LogP contribution in [-0.4, -0.2) is 43.2 Å². The minimum atomic E-state index is -4.71. The molecule has 0 radical (unpaired) electrons. The first-order valence-electron chi connectivity index (χ1n) is 7.33. The Morgan fingerprint density at radius 3 is 1.75 bits per heavy atom. The van der Waals surface area contributed by atoms with E-state index in [1.807, 2.05) is 21.1 Å². The topological polar surface area (TPSA) is 69.6 Å². The summed E-state index contributed by atoms with van der Waals surface area (Å²) in [5.74, 6) is 1.05. The van der Waals surface area contributed by atoms with Crippen LogP contribution in [-0.2, 0) is 9.09 Å². The largest absolute Gasteiger partial charge is 0.756 e. The van der Waals surface area contributed by atoms with Crippen LogP contribution in [0.1, 0.15) is 40.5 Å². The van der Waals surface area contributed by atoms with Gasteiger partial charge in [-0.05, 0) is 30.6 Å². The normalized spacial score (nSPS) is 17.8. The van der Waals surface area contributed by atoms with E-state index in [0.29, 0.717) is 22.9 Å². The van der Waals surface area contributed by atoms with Crippen molar-refractivity contribution in [3.63, 3.8) is 0 Å². The van der Waals surface area contributed by atoms with Gasteiger partial charge in [-0.2, -0.15) is 0 Å². The Labute approximate surface area is 124 Å². The van der Waals surface area contributed by atoms with Crippen LogP contribution < -0.4 is 4.89 Å². The Kier molecular flexibility index (Phi) is 7.93. The first-order valence-corrected chi connectivity index (χ1v) is 8.82. The van der Waals surface area contributed by atoms with Crippen molar-refractivity contribution in [1.82, 2.24) is 0 Å². The van der Waals surface area contributed by atoms with Crippen LogP contribution in [0, 0.1) is 17.8 Å². The van der Waals surface area contributed by atoms with Gasteiger partial charge in [0, 0.05) is 0 Å². The minimum Gasteiger partial charge on any atom is -0.756 e. The number of quaternary nitrogens is 1. The quantitative estimate of drug-likeness (QED) is 0.524. The molecule has 0 saturated carbocycles. The Morgan fingerprint density at radius 1 is 1.10 bits per heavy atom. The van der Waals surface area contributed by atoms with Gasteiger partial charge in [0.05, 0.1) is 21.1 Å². The summed E-state index contributed by atoms with van der Waals surface area (Å²) in [6.07, 6.45) is 1.30. The molecule has 6 heteroatoms. The second-order valence-electron chi connectivity index (χ2n) is 7.60. The molecule has 0 aliphatic heterocycles. The predicted octanol–water partition coefficient (Wildman–Crippen LogP) is 2.25. The molecule has 1 N–H and O–H groups in total. The zero-order valence-electron chi connectivity index (χ0n) is 14.0. The Balaban J connectivity index is 5.11. The molecule has 122 valence electrons. The molecule has 0 aromatic rings. The van der Waals surface area contributed by atoms with Crippen LogP contribution in [0.25, 0.3) is 0 Å². The number of rotatable bonds is 9. The molecule has 2 atom stereocenters. The molecular formula is C14H32NO4P. The van der Waals surface area contributed by atoms with E-state index in [0.717, 1.165) is 12.8 Å². The smallest absolute Gasteiger partial charge is 0.265 e. The van der Waals surface area contributed by atoms with Crippen LogP contribution in [0.5, 0.6) is 0 Å². The molecular weight excluding hydrogens is 277 g/mol. The van der Waals surface area contributed by atoms with Crippen molar-refractivity contribution in [2.45, 2.75) is 46.6 Å². The van der Waals surface area contributed by atoms with Gasteiger partial charge in [-0.15, -0.1) is 0 Å². The third-order valence-electron chi connectivity index (χ3n) is 3.07. The number of likely N-dealkylation sites (N-methyl/N-ethyl adjacent to an activating group) is 1. The lowest BCUT2D eigenvalue weighted by Crippen LogP contribution is -2.45. The van der Waals surface area contributed by atoms with Crippen molar-refractivity contribution in [3.8, 4) is 0 Å². The third-order valence-corrected chi connectivity index (χ3v) is 3.61. The van der Waals surface area contributed by atoms with Crippen molar-refractivity contribution >= 4 is 7.82 Å². The van der Waals surface area contributed by atoms with Crippen LogP contribution in [0.4, 0.5) is 0 Å². The molecule has 0 saturated heterocycles. The van der Waals surface area contributed by atoms with Crippen molar-refractivity contribution in [2.75, 3.05) is 27.7 Å². The Hall–Kier alpha value is 0.0700. The molecule has 0 fully saturated rings. The number of hydrogen-bond donors (Lipinski definition) is 1. The number of nitrogens with zero attached hydrogens (tertiary/aromatic N) is 1. The van der Waals surface area contributed by atoms with E-state index in [9.17, 15) is 9.46 Å². The Morgan fingerprint density at radius 2 is 1.50 bits per heavy atom. The third kappa shape index (κ3) is 10.8. The molecule has 0 heterocycles. The first kappa shape index (κ1) is 20.1. The molecule has 0 aliphatic rings. The Bertz CT molecular complexity index is 310. The van der Waals surface area contributed by atoms with E-state index in [1.165, 1.54) is 0 Å². The van der Waals surface area contributed by atoms with Crippen molar-refractivity contribution in [2.24, 2.45) is 17.8 Å². The molecule has 5 nitrogen and oxygen atoms in total. The standard InChI is InChI=1S/C14H32NO4P/c1-11(2)8-13(9-12(3)4)14(10-15(5,6)7)19-20(16,17)18/h11-14H,8-10H2,1-7H3,(H-,16,17,18). The van der Waals surface area contributed by atoms with Gasteiger partial charge >= 0.3 is 0 Å². The van der Waals surface area contributed by atoms with Crippen molar-refractivity contribution < 1.29 is 23.4 Å². The molecule has 2 unspecified atom stereocenters. The van der Waals surface area contributed by atoms with Crippen LogP contribution in [0.2, 0.25) is 0 Å². The maximum absolute atomic E-state index is 11.2. The second kappa shape index (κ2) is 7.90. The van der Waals surface area contributed by atoms with Crippen LogP contribution in [0.3, 0.4) is 0 Å². The van der Waals surface area contributed by atoms with Gasteiger partial charge in [0.2, 0.25) is 0 Å². The van der Waals surface area contributed by atoms with Crippen LogP contribution in [0.15, 0.2) is 0 Å². The van der Waals surface area contributed by atoms with E-state index in [-0.39, 0.29) is 5.92 Å². The summed E-state index contributed by atoms with van der Waals surface area (Å²) in [6, 6.07) is 0. The van der Waals surface area contributed by atoms with E-state index < -0.39 is 13.9 Å². The summed E-state index contributed by atoms with van der Waals surface area (Å²) in [4.78, 5) is 20.2. The van der Waals surface area contributed by atoms with Gasteiger partial charge < -0.3 is 18.8 Å². The molecule has 0 aromatic heterocycles. The number of phosphoric acid groups is 1. The summed E-state index contributed by atoms with van der Waals surface area (Å²) in [5.41, 5.74) is 0. The fraction of sp³-hybridized carbons (Fsp3) is 1.00. The molecule has 20 heavy (non-hydrogen) atoms. The summed E-state index contributed by atoms with van der Waals surface area (Å²) in [5, 5.41) is 0. The van der Waals surface area contributed by atoms with Crippen LogP contribution >= 0.6 is 7.82 Å².